The minimum atomic E-state index is -1.97. The van der Waals surface area contributed by atoms with Gasteiger partial charge in [-0.3, -0.25) is 24.3 Å². The van der Waals surface area contributed by atoms with Gasteiger partial charge in [0.1, 0.15) is 34.0 Å². The first-order chi connectivity index (χ1) is 33.0. The number of amides is 1. The number of methoxy groups -OCH3 is 1. The third kappa shape index (κ3) is 10.4. The zero-order valence-electron chi connectivity index (χ0n) is 43.1. The van der Waals surface area contributed by atoms with Gasteiger partial charge in [-0.05, 0) is 52.8 Å². The number of ether oxygens (including phenoxy) is 4. The number of phenolic OH excluding ortho intramolecular Hbond substituents is 2. The van der Waals surface area contributed by atoms with E-state index in [0.29, 0.717) is 30.5 Å². The van der Waals surface area contributed by atoms with Crippen molar-refractivity contribution in [1.29, 1.82) is 0 Å². The highest BCUT2D eigenvalue weighted by molar-refractivity contribution is 6.21. The summed E-state index contributed by atoms with van der Waals surface area (Å²) < 4.78 is 24.9. The number of phenols is 2. The Bertz CT molecular complexity index is 2540. The molecule has 5 N–H and O–H groups in total. The van der Waals surface area contributed by atoms with Crippen molar-refractivity contribution >= 4 is 34.1 Å². The molecule has 17 nitrogen and oxygen atoms in total. The smallest absolute Gasteiger partial charge is 0.320 e. The number of ketones is 1. The number of piperidine rings is 2. The maximum absolute atomic E-state index is 14.9. The number of hydrogen-bond donors (Lipinski definition) is 5. The van der Waals surface area contributed by atoms with Crippen LogP contribution in [0.15, 0.2) is 46.1 Å². The summed E-state index contributed by atoms with van der Waals surface area (Å²) in [7, 11) is 5.62. The van der Waals surface area contributed by atoms with Crippen molar-refractivity contribution in [3.8, 4) is 17.2 Å². The largest absolute Gasteiger partial charge is 0.507 e. The third-order valence-corrected chi connectivity index (χ3v) is 15.5. The summed E-state index contributed by atoms with van der Waals surface area (Å²) in [5.41, 5.74) is -0.110. The number of likely N-dealkylation sites (tertiary alicyclic amines) is 2. The molecule has 9 atom stereocenters. The molecule has 2 fully saturated rings. The van der Waals surface area contributed by atoms with Crippen LogP contribution in [0.4, 0.5) is 5.69 Å². The minimum Gasteiger partial charge on any atom is -0.507 e. The highest BCUT2D eigenvalue weighted by Gasteiger charge is 2.51. The van der Waals surface area contributed by atoms with Crippen LogP contribution in [-0.2, 0) is 23.8 Å². The minimum absolute atomic E-state index is 0.0566. The molecule has 6 heterocycles. The van der Waals surface area contributed by atoms with E-state index in [9.17, 15) is 34.8 Å². The Morgan fingerprint density at radius 1 is 0.929 bits per heavy atom. The van der Waals surface area contributed by atoms with E-state index < -0.39 is 82.9 Å². The number of nitrogens with one attached hydrogen (secondary N) is 1. The van der Waals surface area contributed by atoms with Gasteiger partial charge in [-0.2, -0.15) is 0 Å². The molecule has 1 spiro atoms. The van der Waals surface area contributed by atoms with Gasteiger partial charge in [0.15, 0.2) is 5.75 Å². The van der Waals surface area contributed by atoms with E-state index in [4.69, 9.17) is 23.9 Å². The highest BCUT2D eigenvalue weighted by Crippen LogP contribution is 2.51. The first kappa shape index (κ1) is 52.9. The number of Topliss-reactive ketones (excluding diaryl/α,β-unsaturated/α-hetero) is 1. The van der Waals surface area contributed by atoms with Gasteiger partial charge >= 0.3 is 11.8 Å². The number of fused-ring (bicyclic) bond motifs is 13. The van der Waals surface area contributed by atoms with Gasteiger partial charge in [-0.1, -0.05) is 59.8 Å². The molecule has 6 aliphatic heterocycles. The van der Waals surface area contributed by atoms with E-state index in [0.717, 1.165) is 45.6 Å². The molecule has 0 aromatic heterocycles. The van der Waals surface area contributed by atoms with E-state index in [2.05, 4.69) is 53.0 Å². The summed E-state index contributed by atoms with van der Waals surface area (Å²) in [4.78, 5) is 59.0. The van der Waals surface area contributed by atoms with Crippen LogP contribution in [0.3, 0.4) is 0 Å². The zero-order chi connectivity index (χ0) is 51.1. The lowest BCUT2D eigenvalue weighted by atomic mass is 9.78. The van der Waals surface area contributed by atoms with Gasteiger partial charge in [0, 0.05) is 106 Å². The summed E-state index contributed by atoms with van der Waals surface area (Å²) in [6.45, 7) is 20.0. The molecule has 8 rings (SSSR count). The van der Waals surface area contributed by atoms with Crippen LogP contribution in [0.1, 0.15) is 97.0 Å². The summed E-state index contributed by atoms with van der Waals surface area (Å²) >= 11 is 0. The Hall–Kier alpha value is -4.91. The standard InChI is InChI=1S/C53H76N6O11/c1-28(2)26-59-23-19-53(20-24-59)55-41-38-39-46(63)34(8)49-40(38)50(65)52(9,70-49)68-25-18-36(67-12)31(5)48(69-37(60)27-58-21-16-35(17-22-58)57(10)11)33(7)45(62)32(6)44(61)29(3)14-13-15-30(4)51(66)54-43(47(39)64)42(41)56-53/h13-15,18,25,28-29,31-33,35-36,44-45,48,55,61-64H,16-17,19-24,26-27H2,1-12H3/b14-13+,25-18+,30-15-,54-43?/t29-,31+,32+,33+,36-,44-,45+,48+,52-/m0/s1. The van der Waals surface area contributed by atoms with Crippen molar-refractivity contribution in [1.82, 2.24) is 14.7 Å². The molecule has 70 heavy (non-hydrogen) atoms. The van der Waals surface area contributed by atoms with Crippen molar-refractivity contribution in [2.45, 2.75) is 130 Å². The second kappa shape index (κ2) is 21.0. The average molecular weight is 973 g/mol. The second-order valence-electron chi connectivity index (χ2n) is 21.3. The van der Waals surface area contributed by atoms with Crippen LogP contribution in [0.25, 0.3) is 10.8 Å². The lowest BCUT2D eigenvalue weighted by Gasteiger charge is -2.39. The zero-order valence-corrected chi connectivity index (χ0v) is 43.1. The summed E-state index contributed by atoms with van der Waals surface area (Å²) in [6.07, 6.45) is 6.92. The van der Waals surface area contributed by atoms with Gasteiger partial charge < -0.3 is 54.5 Å². The predicted molar refractivity (Wildman–Crippen MR) is 265 cm³/mol. The van der Waals surface area contributed by atoms with Crippen molar-refractivity contribution in [2.75, 3.05) is 65.8 Å². The van der Waals surface area contributed by atoms with E-state index in [1.807, 2.05) is 6.92 Å². The molecule has 2 saturated heterocycles. The quantitative estimate of drug-likeness (QED) is 0.187. The molecule has 0 radical (unpaired) electrons. The number of anilines is 1. The normalized spacial score (nSPS) is 32.0. The number of aliphatic hydroxyl groups is 2. The molecule has 1 amide bonds. The van der Waals surface area contributed by atoms with Crippen LogP contribution in [0.5, 0.6) is 17.2 Å². The van der Waals surface area contributed by atoms with Gasteiger partial charge in [0.25, 0.3) is 11.7 Å². The van der Waals surface area contributed by atoms with Crippen LogP contribution in [0.2, 0.25) is 0 Å². The maximum Gasteiger partial charge on any atom is 0.320 e. The second-order valence-corrected chi connectivity index (χ2v) is 21.3. The first-order valence-electron chi connectivity index (χ1n) is 25.0. The van der Waals surface area contributed by atoms with E-state index in [1.165, 1.54) is 20.3 Å². The van der Waals surface area contributed by atoms with Crippen molar-refractivity contribution in [3.63, 3.8) is 0 Å². The number of aliphatic hydroxyl groups excluding tert-OH is 2. The third-order valence-electron chi connectivity index (χ3n) is 15.5. The summed E-state index contributed by atoms with van der Waals surface area (Å²) in [6, 6.07) is 0.429. The number of rotatable bonds is 7. The summed E-state index contributed by atoms with van der Waals surface area (Å²) in [5.74, 6) is -6.56. The van der Waals surface area contributed by atoms with E-state index in [-0.39, 0.29) is 56.2 Å². The Kier molecular flexibility index (Phi) is 15.9. The van der Waals surface area contributed by atoms with Crippen LogP contribution >= 0.6 is 0 Å². The van der Waals surface area contributed by atoms with E-state index >= 15 is 0 Å². The van der Waals surface area contributed by atoms with Crippen molar-refractivity contribution < 1.29 is 53.8 Å². The fourth-order valence-electron chi connectivity index (χ4n) is 11.0. The van der Waals surface area contributed by atoms with Crippen LogP contribution < -0.4 is 20.8 Å². The Balaban J connectivity index is 1.31. The van der Waals surface area contributed by atoms with Gasteiger partial charge in [-0.25, -0.2) is 4.99 Å². The molecular weight excluding hydrogens is 897 g/mol. The van der Waals surface area contributed by atoms with Crippen molar-refractivity contribution in [3.05, 3.63) is 58.0 Å². The summed E-state index contributed by atoms with van der Waals surface area (Å²) in [5, 5.41) is 51.5. The number of carbonyl (C=O) groups excluding carboxylic acids is 3. The number of allylic oxidation sites excluding steroid dienone is 2. The number of hydrogen-bond acceptors (Lipinski definition) is 16. The Labute approximate surface area is 411 Å². The topological polar surface area (TPSA) is 216 Å². The maximum atomic E-state index is 14.9. The van der Waals surface area contributed by atoms with Crippen molar-refractivity contribution in [2.24, 2.45) is 39.6 Å². The number of nitrogens with zero attached hydrogens (tertiary/aromatic N) is 5. The Morgan fingerprint density at radius 2 is 1.60 bits per heavy atom. The Morgan fingerprint density at radius 3 is 2.23 bits per heavy atom. The molecule has 17 heteroatoms. The van der Waals surface area contributed by atoms with Crippen LogP contribution in [0, 0.1) is 36.5 Å². The molecule has 2 aromatic rings. The molecule has 0 aliphatic carbocycles. The van der Waals surface area contributed by atoms with E-state index in [1.54, 1.807) is 58.9 Å². The predicted octanol–water partition coefficient (Wildman–Crippen LogP) is 4.76. The molecule has 0 unspecified atom stereocenters. The van der Waals surface area contributed by atoms with Gasteiger partial charge in [-0.15, -0.1) is 0 Å². The monoisotopic (exact) mass is 973 g/mol. The molecule has 0 saturated carbocycles. The first-order valence-corrected chi connectivity index (χ1v) is 25.0. The van der Waals surface area contributed by atoms with Crippen LogP contribution in [-0.4, -0.2) is 155 Å². The average Bonchev–Trinajstić information content (AvgIpc) is 3.82. The lowest BCUT2D eigenvalue weighted by Crippen LogP contribution is -2.48. The molecule has 6 aliphatic rings. The number of carbonyl (C=O) groups is 3. The fraction of sp³-hybridized carbons (Fsp3) is 0.642. The molecule has 384 valence electrons. The fourth-order valence-corrected chi connectivity index (χ4v) is 11.0. The highest BCUT2D eigenvalue weighted by atomic mass is 16.7. The lowest BCUT2D eigenvalue weighted by molar-refractivity contribution is -0.164. The van der Waals surface area contributed by atoms with Gasteiger partial charge in [0.05, 0.1) is 47.8 Å². The molecule has 5 bridgehead atoms. The molecular formula is C53H76N6O11. The number of aromatic hydroxyl groups is 2. The SMILES string of the molecule is CO[C@H]1/C=C/O[C@@]2(C)Oc3c(C)c(O)c4c(O)c(c5c(c4c3C2=O)NC2(CCN(CC(C)C)CC2)N=5)=NC(=O)/C(C)=C\C=C\[C@H](C)[C@H](O)[C@@H](C)[C@@H](O)[C@@H](C)[C@H](OC(=O)CN2CCC(N(C)C)CC2)[C@@H]1C. The molecule has 2 aromatic carbocycles. The number of benzene rings is 2. The van der Waals surface area contributed by atoms with Gasteiger partial charge in [0.2, 0.25) is 0 Å². The number of esters is 1.